The molecule has 0 aromatic heterocycles. The molecule has 1 aromatic rings. The lowest BCUT2D eigenvalue weighted by atomic mass is 9.90. The third-order valence-electron chi connectivity index (χ3n) is 4.85. The van der Waals surface area contributed by atoms with Crippen molar-refractivity contribution in [1.29, 1.82) is 0 Å². The highest BCUT2D eigenvalue weighted by Gasteiger charge is 2.42. The smallest absolute Gasteiger partial charge is 0.240 e. The first-order valence-electron chi connectivity index (χ1n) is 7.98. The van der Waals surface area contributed by atoms with Gasteiger partial charge in [-0.2, -0.15) is 0 Å². The van der Waals surface area contributed by atoms with Crippen LogP contribution in [-0.4, -0.2) is 29.2 Å². The molecule has 0 radical (unpaired) electrons. The fourth-order valence-corrected chi connectivity index (χ4v) is 3.78. The van der Waals surface area contributed by atoms with Gasteiger partial charge in [0.05, 0.1) is 17.7 Å². The Labute approximate surface area is 125 Å². The number of carbonyl (C=O) groups is 1. The molecule has 1 amide bonds. The summed E-state index contributed by atoms with van der Waals surface area (Å²) in [6, 6.07) is 7.70. The molecule has 1 aliphatic heterocycles. The van der Waals surface area contributed by atoms with Crippen molar-refractivity contribution in [3.05, 3.63) is 35.4 Å². The average Bonchev–Trinajstić information content (AvgIpc) is 3.06. The van der Waals surface area contributed by atoms with Crippen molar-refractivity contribution in [2.75, 3.05) is 6.54 Å². The van der Waals surface area contributed by atoms with Gasteiger partial charge in [-0.25, -0.2) is 0 Å². The summed E-state index contributed by atoms with van der Waals surface area (Å²) in [4.78, 5) is 12.8. The Kier molecular flexibility index (Phi) is 4.00. The molecule has 3 atom stereocenters. The normalized spacial score (nSPS) is 31.1. The lowest BCUT2D eigenvalue weighted by Gasteiger charge is -2.30. The van der Waals surface area contributed by atoms with Gasteiger partial charge in [-0.05, 0) is 36.9 Å². The fourth-order valence-electron chi connectivity index (χ4n) is 3.78. The molecule has 114 valence electrons. The molecule has 21 heavy (non-hydrogen) atoms. The first-order chi connectivity index (χ1) is 10.2. The third-order valence-corrected chi connectivity index (χ3v) is 4.85. The topological polar surface area (TPSA) is 61.4 Å². The van der Waals surface area contributed by atoms with E-state index in [1.54, 1.807) is 0 Å². The molecule has 0 spiro atoms. The monoisotopic (exact) mass is 288 g/mol. The summed E-state index contributed by atoms with van der Waals surface area (Å²) in [6.45, 7) is 3.01. The van der Waals surface area contributed by atoms with Gasteiger partial charge in [0, 0.05) is 6.42 Å². The van der Waals surface area contributed by atoms with Gasteiger partial charge >= 0.3 is 0 Å². The molecule has 1 aromatic carbocycles. The van der Waals surface area contributed by atoms with Gasteiger partial charge in [0.1, 0.15) is 0 Å². The van der Waals surface area contributed by atoms with Crippen molar-refractivity contribution in [1.82, 2.24) is 10.6 Å². The molecule has 1 heterocycles. The fraction of sp³-hybridized carbons (Fsp3) is 0.588. The molecular weight excluding hydrogens is 264 g/mol. The quantitative estimate of drug-likeness (QED) is 0.790. The van der Waals surface area contributed by atoms with Crippen molar-refractivity contribution in [2.45, 2.75) is 56.7 Å². The van der Waals surface area contributed by atoms with E-state index in [-0.39, 0.29) is 11.9 Å². The van der Waals surface area contributed by atoms with E-state index in [9.17, 15) is 9.90 Å². The van der Waals surface area contributed by atoms with Crippen LogP contribution in [0.3, 0.4) is 0 Å². The van der Waals surface area contributed by atoms with Gasteiger partial charge in [-0.15, -0.1) is 0 Å². The number of carbonyl (C=O) groups excluding carboxylic acids is 1. The summed E-state index contributed by atoms with van der Waals surface area (Å²) in [6.07, 6.45) is 3.85. The summed E-state index contributed by atoms with van der Waals surface area (Å²) >= 11 is 0. The van der Waals surface area contributed by atoms with E-state index in [4.69, 9.17) is 0 Å². The molecule has 4 nitrogen and oxygen atoms in total. The van der Waals surface area contributed by atoms with Crippen LogP contribution in [0, 0.1) is 0 Å². The van der Waals surface area contributed by atoms with Crippen molar-refractivity contribution in [2.24, 2.45) is 0 Å². The van der Waals surface area contributed by atoms with Crippen molar-refractivity contribution < 1.29 is 9.90 Å². The van der Waals surface area contributed by atoms with Gasteiger partial charge in [-0.1, -0.05) is 37.6 Å². The van der Waals surface area contributed by atoms with Crippen LogP contribution in [0.5, 0.6) is 0 Å². The first kappa shape index (κ1) is 14.5. The molecule has 1 unspecified atom stereocenters. The van der Waals surface area contributed by atoms with Crippen molar-refractivity contribution in [3.63, 3.8) is 0 Å². The zero-order chi connectivity index (χ0) is 14.9. The minimum atomic E-state index is -0.522. The standard InChI is InChI=1S/C17H24N2O2/c1-2-8-17(9-5-10-18-17)16(21)19-15-13-7-4-3-6-12(13)11-14(15)20/h3-4,6-7,14-15,18,20H,2,5,8-11H2,1H3,(H,19,21)/t14-,15+,17?/m0/s1. The van der Waals surface area contributed by atoms with E-state index in [1.807, 2.05) is 24.3 Å². The molecule has 0 bridgehead atoms. The van der Waals surface area contributed by atoms with Crippen molar-refractivity contribution in [3.8, 4) is 0 Å². The van der Waals surface area contributed by atoms with Gasteiger partial charge in [0.15, 0.2) is 0 Å². The van der Waals surface area contributed by atoms with E-state index in [0.29, 0.717) is 6.42 Å². The third kappa shape index (κ3) is 2.58. The Bertz CT molecular complexity index is 523. The highest BCUT2D eigenvalue weighted by molar-refractivity contribution is 5.87. The highest BCUT2D eigenvalue weighted by Crippen LogP contribution is 2.33. The number of hydrogen-bond donors (Lipinski definition) is 3. The second-order valence-corrected chi connectivity index (χ2v) is 6.28. The number of fused-ring (bicyclic) bond motifs is 1. The largest absolute Gasteiger partial charge is 0.390 e. The Balaban J connectivity index is 1.78. The maximum absolute atomic E-state index is 12.8. The summed E-state index contributed by atoms with van der Waals surface area (Å²) in [7, 11) is 0. The average molecular weight is 288 g/mol. The second kappa shape index (κ2) is 5.78. The molecule has 3 rings (SSSR count). The van der Waals surface area contributed by atoms with Crippen molar-refractivity contribution >= 4 is 5.91 Å². The Morgan fingerprint density at radius 3 is 3.00 bits per heavy atom. The molecule has 3 N–H and O–H groups in total. The summed E-state index contributed by atoms with van der Waals surface area (Å²) in [5.41, 5.74) is 1.76. The minimum absolute atomic E-state index is 0.0441. The zero-order valence-electron chi connectivity index (χ0n) is 12.6. The maximum Gasteiger partial charge on any atom is 0.240 e. The Morgan fingerprint density at radius 1 is 1.48 bits per heavy atom. The van der Waals surface area contributed by atoms with Gasteiger partial charge in [0.25, 0.3) is 0 Å². The van der Waals surface area contributed by atoms with Crippen LogP contribution >= 0.6 is 0 Å². The SMILES string of the molecule is CCCC1(C(=O)N[C@@H]2c3ccccc3C[C@@H]2O)CCCN1. The molecule has 4 heteroatoms. The summed E-state index contributed by atoms with van der Waals surface area (Å²) in [5.74, 6) is 0.0441. The number of amides is 1. The number of hydrogen-bond acceptors (Lipinski definition) is 3. The number of rotatable bonds is 4. The highest BCUT2D eigenvalue weighted by atomic mass is 16.3. The van der Waals surface area contributed by atoms with Crippen LogP contribution in [0.2, 0.25) is 0 Å². The lowest BCUT2D eigenvalue weighted by Crippen LogP contribution is -2.54. The van der Waals surface area contributed by atoms with Gasteiger partial charge in [0.2, 0.25) is 5.91 Å². The summed E-state index contributed by atoms with van der Waals surface area (Å²) in [5, 5.41) is 16.8. The first-order valence-corrected chi connectivity index (χ1v) is 7.98. The van der Waals surface area contributed by atoms with Crippen LogP contribution in [-0.2, 0) is 11.2 Å². The lowest BCUT2D eigenvalue weighted by molar-refractivity contribution is -0.129. The van der Waals surface area contributed by atoms with Crippen LogP contribution in [0.25, 0.3) is 0 Å². The number of benzene rings is 1. The van der Waals surface area contributed by atoms with Crippen LogP contribution in [0.15, 0.2) is 24.3 Å². The molecule has 1 saturated heterocycles. The van der Waals surface area contributed by atoms with Gasteiger partial charge < -0.3 is 15.7 Å². The molecular formula is C17H24N2O2. The minimum Gasteiger partial charge on any atom is -0.390 e. The predicted molar refractivity (Wildman–Crippen MR) is 81.9 cm³/mol. The van der Waals surface area contributed by atoms with E-state index >= 15 is 0 Å². The van der Waals surface area contributed by atoms with E-state index in [1.165, 1.54) is 0 Å². The van der Waals surface area contributed by atoms with Crippen LogP contribution < -0.4 is 10.6 Å². The molecule has 1 fully saturated rings. The molecule has 2 aliphatic rings. The van der Waals surface area contributed by atoms with E-state index in [2.05, 4.69) is 17.6 Å². The van der Waals surface area contributed by atoms with Crippen LogP contribution in [0.4, 0.5) is 0 Å². The Morgan fingerprint density at radius 2 is 2.29 bits per heavy atom. The second-order valence-electron chi connectivity index (χ2n) is 6.28. The Hall–Kier alpha value is -1.39. The zero-order valence-corrected chi connectivity index (χ0v) is 12.6. The number of aliphatic hydroxyl groups is 1. The van der Waals surface area contributed by atoms with E-state index in [0.717, 1.165) is 43.4 Å². The van der Waals surface area contributed by atoms with Gasteiger partial charge in [-0.3, -0.25) is 4.79 Å². The predicted octanol–water partition coefficient (Wildman–Crippen LogP) is 1.68. The molecule has 0 saturated carbocycles. The number of nitrogens with one attached hydrogen (secondary N) is 2. The maximum atomic E-state index is 12.8. The molecule has 1 aliphatic carbocycles. The van der Waals surface area contributed by atoms with E-state index < -0.39 is 11.6 Å². The summed E-state index contributed by atoms with van der Waals surface area (Å²) < 4.78 is 0. The van der Waals surface area contributed by atoms with Crippen LogP contribution in [0.1, 0.15) is 49.8 Å². The number of aliphatic hydroxyl groups excluding tert-OH is 1.